The molecule has 0 bridgehead atoms. The fourth-order valence-corrected chi connectivity index (χ4v) is 1.81. The van der Waals surface area contributed by atoms with Gasteiger partial charge >= 0.3 is 6.92 Å². The molecule has 0 saturated heterocycles. The van der Waals surface area contributed by atoms with Crippen LogP contribution in [-0.4, -0.2) is 13.5 Å². The van der Waals surface area contributed by atoms with Crippen LogP contribution in [0.15, 0.2) is 18.2 Å². The molecule has 0 aromatic heterocycles. The van der Waals surface area contributed by atoms with Gasteiger partial charge in [0.2, 0.25) is 0 Å². The molecule has 0 saturated carbocycles. The van der Waals surface area contributed by atoms with Gasteiger partial charge in [-0.15, -0.1) is 0 Å². The van der Waals surface area contributed by atoms with E-state index in [1.807, 2.05) is 6.07 Å². The van der Waals surface area contributed by atoms with Crippen LogP contribution in [0.1, 0.15) is 25.3 Å². The minimum absolute atomic E-state index is 0.217. The summed E-state index contributed by atoms with van der Waals surface area (Å²) in [6.07, 6.45) is 2.29. The van der Waals surface area contributed by atoms with Crippen LogP contribution in [0.25, 0.3) is 0 Å². The second kappa shape index (κ2) is 4.71. The molecule has 0 amide bonds. The van der Waals surface area contributed by atoms with Gasteiger partial charge in [0.25, 0.3) is 0 Å². The highest BCUT2D eigenvalue weighted by Gasteiger charge is 2.23. The van der Waals surface area contributed by atoms with E-state index in [2.05, 4.69) is 25.9 Å². The normalized spacial score (nSPS) is 14.1. The minimum atomic E-state index is 0.217. The second-order valence-electron chi connectivity index (χ2n) is 4.02. The highest BCUT2D eigenvalue weighted by atomic mass is 16.5. The van der Waals surface area contributed by atoms with Crippen molar-refractivity contribution < 1.29 is 9.39 Å². The van der Waals surface area contributed by atoms with Gasteiger partial charge in [0.05, 0.1) is 13.2 Å². The van der Waals surface area contributed by atoms with E-state index in [-0.39, 0.29) is 6.92 Å². The van der Waals surface area contributed by atoms with E-state index in [1.54, 1.807) is 0 Å². The number of hydrogen-bond donors (Lipinski definition) is 0. The molecule has 0 atom stereocenters. The molecule has 0 radical (unpaired) electrons. The van der Waals surface area contributed by atoms with Gasteiger partial charge in [-0.3, -0.25) is 0 Å². The molecular weight excluding hydrogens is 187 g/mol. The molecule has 0 unspecified atom stereocenters. The van der Waals surface area contributed by atoms with Crippen LogP contribution in [-0.2, 0) is 11.3 Å². The van der Waals surface area contributed by atoms with E-state index in [9.17, 15) is 0 Å². The molecule has 1 aliphatic heterocycles. The second-order valence-corrected chi connectivity index (χ2v) is 4.02. The van der Waals surface area contributed by atoms with Crippen LogP contribution in [0.2, 0.25) is 6.82 Å². The zero-order chi connectivity index (χ0) is 10.7. The quantitative estimate of drug-likeness (QED) is 0.553. The SMILES string of the molecule is CCCCOc1ccc2c(c1)B(C)OC2. The Bertz CT molecular complexity index is 338. The van der Waals surface area contributed by atoms with E-state index in [0.29, 0.717) is 0 Å². The molecule has 0 aliphatic carbocycles. The zero-order valence-corrected chi connectivity index (χ0v) is 9.45. The standard InChI is InChI=1S/C12H17BO2/c1-3-4-7-14-11-6-5-10-9-15-13(2)12(10)8-11/h5-6,8H,3-4,7,9H2,1-2H3. The first-order valence-electron chi connectivity index (χ1n) is 5.68. The van der Waals surface area contributed by atoms with Gasteiger partial charge in [-0.2, -0.15) is 0 Å². The first kappa shape index (κ1) is 10.6. The van der Waals surface area contributed by atoms with Crippen LogP contribution in [0.4, 0.5) is 0 Å². The average molecular weight is 204 g/mol. The van der Waals surface area contributed by atoms with E-state index < -0.39 is 0 Å². The summed E-state index contributed by atoms with van der Waals surface area (Å²) in [4.78, 5) is 0. The molecule has 3 heteroatoms. The van der Waals surface area contributed by atoms with Gasteiger partial charge in [-0.25, -0.2) is 0 Å². The van der Waals surface area contributed by atoms with Gasteiger partial charge in [0, 0.05) is 0 Å². The average Bonchev–Trinajstić information content (AvgIpc) is 2.61. The fourth-order valence-electron chi connectivity index (χ4n) is 1.81. The lowest BCUT2D eigenvalue weighted by atomic mass is 9.64. The Morgan fingerprint density at radius 2 is 2.33 bits per heavy atom. The third-order valence-corrected chi connectivity index (χ3v) is 2.81. The van der Waals surface area contributed by atoms with E-state index in [4.69, 9.17) is 9.39 Å². The minimum Gasteiger partial charge on any atom is -0.494 e. The summed E-state index contributed by atoms with van der Waals surface area (Å²) in [5.74, 6) is 0.972. The Morgan fingerprint density at radius 1 is 1.47 bits per heavy atom. The summed E-state index contributed by atoms with van der Waals surface area (Å²) in [6.45, 7) is 6.02. The first-order valence-corrected chi connectivity index (χ1v) is 5.68. The van der Waals surface area contributed by atoms with Crippen molar-refractivity contribution >= 4 is 12.4 Å². The molecule has 2 rings (SSSR count). The van der Waals surface area contributed by atoms with E-state index in [0.717, 1.165) is 25.4 Å². The molecule has 0 spiro atoms. The summed E-state index contributed by atoms with van der Waals surface area (Å²) in [5, 5.41) is 0. The third kappa shape index (κ3) is 2.35. The van der Waals surface area contributed by atoms with Gasteiger partial charge in [0.15, 0.2) is 0 Å². The maximum atomic E-state index is 5.66. The summed E-state index contributed by atoms with van der Waals surface area (Å²) in [5.41, 5.74) is 2.58. The van der Waals surface area contributed by atoms with Crippen LogP contribution >= 0.6 is 0 Å². The summed E-state index contributed by atoms with van der Waals surface area (Å²) >= 11 is 0. The third-order valence-electron chi connectivity index (χ3n) is 2.81. The largest absolute Gasteiger partial charge is 0.494 e. The van der Waals surface area contributed by atoms with Crippen LogP contribution in [0.5, 0.6) is 5.75 Å². The lowest BCUT2D eigenvalue weighted by Crippen LogP contribution is -2.24. The summed E-state index contributed by atoms with van der Waals surface area (Å²) in [7, 11) is 0. The van der Waals surface area contributed by atoms with Gasteiger partial charge in [0.1, 0.15) is 5.75 Å². The monoisotopic (exact) mass is 204 g/mol. The molecule has 1 aliphatic rings. The summed E-state index contributed by atoms with van der Waals surface area (Å²) in [6, 6.07) is 6.26. The van der Waals surface area contributed by atoms with Crippen LogP contribution < -0.4 is 10.2 Å². The lowest BCUT2D eigenvalue weighted by Gasteiger charge is -2.07. The van der Waals surface area contributed by atoms with Crippen molar-refractivity contribution in [2.45, 2.75) is 33.2 Å². The van der Waals surface area contributed by atoms with Crippen molar-refractivity contribution in [1.82, 2.24) is 0 Å². The Balaban J connectivity index is 2.05. The zero-order valence-electron chi connectivity index (χ0n) is 9.45. The van der Waals surface area contributed by atoms with Crippen molar-refractivity contribution in [2.75, 3.05) is 6.61 Å². The summed E-state index contributed by atoms with van der Waals surface area (Å²) < 4.78 is 11.2. The Labute approximate surface area is 91.7 Å². The topological polar surface area (TPSA) is 18.5 Å². The Morgan fingerprint density at radius 3 is 3.13 bits per heavy atom. The van der Waals surface area contributed by atoms with Crippen LogP contribution in [0.3, 0.4) is 0 Å². The molecule has 0 N–H and O–H groups in total. The number of benzene rings is 1. The number of unbranched alkanes of at least 4 members (excludes halogenated alkanes) is 1. The van der Waals surface area contributed by atoms with Gasteiger partial charge in [-0.1, -0.05) is 26.2 Å². The predicted octanol–water partition coefficient (Wildman–Crippen LogP) is 2.22. The molecule has 0 fully saturated rings. The maximum Gasteiger partial charge on any atom is 0.324 e. The number of fused-ring (bicyclic) bond motifs is 1. The fraction of sp³-hybridized carbons (Fsp3) is 0.500. The Hall–Kier alpha value is -0.955. The van der Waals surface area contributed by atoms with Crippen molar-refractivity contribution in [3.05, 3.63) is 23.8 Å². The highest BCUT2D eigenvalue weighted by molar-refractivity contribution is 6.67. The van der Waals surface area contributed by atoms with Gasteiger partial charge in [-0.05, 0) is 29.6 Å². The number of rotatable bonds is 4. The molecule has 2 nitrogen and oxygen atoms in total. The van der Waals surface area contributed by atoms with E-state index in [1.165, 1.54) is 17.4 Å². The maximum absolute atomic E-state index is 5.66. The molecule has 1 aromatic carbocycles. The molecule has 15 heavy (non-hydrogen) atoms. The lowest BCUT2D eigenvalue weighted by molar-refractivity contribution is 0.309. The first-order chi connectivity index (χ1) is 7.31. The molecule has 80 valence electrons. The van der Waals surface area contributed by atoms with Crippen molar-refractivity contribution in [2.24, 2.45) is 0 Å². The van der Waals surface area contributed by atoms with Crippen molar-refractivity contribution in [1.29, 1.82) is 0 Å². The van der Waals surface area contributed by atoms with Crippen molar-refractivity contribution in [3.8, 4) is 5.75 Å². The molecule has 1 heterocycles. The van der Waals surface area contributed by atoms with Crippen LogP contribution in [0, 0.1) is 0 Å². The van der Waals surface area contributed by atoms with Crippen molar-refractivity contribution in [3.63, 3.8) is 0 Å². The highest BCUT2D eigenvalue weighted by Crippen LogP contribution is 2.17. The van der Waals surface area contributed by atoms with Gasteiger partial charge < -0.3 is 9.39 Å². The smallest absolute Gasteiger partial charge is 0.324 e. The molecule has 1 aromatic rings. The number of ether oxygens (including phenoxy) is 1. The Kier molecular flexibility index (Phi) is 3.32. The van der Waals surface area contributed by atoms with E-state index >= 15 is 0 Å². The number of hydrogen-bond acceptors (Lipinski definition) is 2. The molecular formula is C12H17BO2. The predicted molar refractivity (Wildman–Crippen MR) is 62.9 cm³/mol.